The van der Waals surface area contributed by atoms with Gasteiger partial charge in [0.2, 0.25) is 0 Å². The van der Waals surface area contributed by atoms with Crippen LogP contribution in [-0.2, 0) is 15.9 Å². The number of fused-ring (bicyclic) bond motifs is 2. The molecule has 4 aliphatic rings. The summed E-state index contributed by atoms with van der Waals surface area (Å²) in [6.45, 7) is 13.6. The maximum absolute atomic E-state index is 13.0. The van der Waals surface area contributed by atoms with Gasteiger partial charge in [0.15, 0.2) is 11.5 Å². The van der Waals surface area contributed by atoms with Gasteiger partial charge in [0.25, 0.3) is 0 Å². The van der Waals surface area contributed by atoms with E-state index < -0.39 is 11.2 Å². The number of benzene rings is 2. The zero-order valence-corrected chi connectivity index (χ0v) is 30.5. The van der Waals surface area contributed by atoms with Gasteiger partial charge >= 0.3 is 12.2 Å². The molecule has 0 saturated carbocycles. The lowest BCUT2D eigenvalue weighted by Gasteiger charge is -2.37. The Labute approximate surface area is 299 Å². The van der Waals surface area contributed by atoms with Gasteiger partial charge in [-0.1, -0.05) is 6.07 Å². The molecule has 51 heavy (non-hydrogen) atoms. The Morgan fingerprint density at radius 3 is 2.18 bits per heavy atom. The Balaban J connectivity index is 1.05. The van der Waals surface area contributed by atoms with Crippen LogP contribution < -0.4 is 9.64 Å². The van der Waals surface area contributed by atoms with Crippen molar-refractivity contribution in [1.29, 1.82) is 0 Å². The molecule has 4 aromatic rings. The number of aryl methyl sites for hydroxylation is 1. The minimum atomic E-state index is -0.554. The van der Waals surface area contributed by atoms with Crippen LogP contribution in [0.4, 0.5) is 21.0 Å². The zero-order valence-electron chi connectivity index (χ0n) is 30.5. The van der Waals surface area contributed by atoms with Gasteiger partial charge in [0.1, 0.15) is 17.0 Å². The molecule has 0 unspecified atom stereocenters. The number of rotatable bonds is 4. The summed E-state index contributed by atoms with van der Waals surface area (Å²) >= 11 is 0. The SMILES string of the molecule is CC(C)(C)OC(=O)N1CCC[C@H]1c1ccc(-c2ccc3c(c2)Oc2cc(-c4cnc([C@@H]5CCCN5C(=O)OC(C)(C)C)[nH]4)cc4c2N3CCC4)[nH]1. The number of ether oxygens (including phenoxy) is 3. The van der Waals surface area contributed by atoms with E-state index in [1.165, 1.54) is 5.56 Å². The third-order valence-electron chi connectivity index (χ3n) is 10.1. The summed E-state index contributed by atoms with van der Waals surface area (Å²) in [5.74, 6) is 2.40. The van der Waals surface area contributed by atoms with E-state index in [1.54, 1.807) is 4.90 Å². The van der Waals surface area contributed by atoms with E-state index in [9.17, 15) is 9.59 Å². The Bertz CT molecular complexity index is 1980. The summed E-state index contributed by atoms with van der Waals surface area (Å²) in [5, 5.41) is 0. The molecule has 2 fully saturated rings. The fraction of sp³-hybridized carbons (Fsp3) is 0.475. The number of imidazole rings is 1. The number of nitrogens with zero attached hydrogens (tertiary/aromatic N) is 4. The molecule has 11 heteroatoms. The maximum Gasteiger partial charge on any atom is 0.410 e. The first-order valence-electron chi connectivity index (χ1n) is 18.3. The average Bonchev–Trinajstić information content (AvgIpc) is 3.89. The predicted molar refractivity (Wildman–Crippen MR) is 195 cm³/mol. The molecule has 4 aliphatic heterocycles. The molecule has 2 saturated heterocycles. The Hall–Kier alpha value is -4.93. The van der Waals surface area contributed by atoms with Crippen LogP contribution in [0.3, 0.4) is 0 Å². The third-order valence-corrected chi connectivity index (χ3v) is 10.1. The smallest absolute Gasteiger partial charge is 0.410 e. The molecule has 268 valence electrons. The Morgan fingerprint density at radius 2 is 1.45 bits per heavy atom. The van der Waals surface area contributed by atoms with Gasteiger partial charge in [-0.05, 0) is 122 Å². The fourth-order valence-electron chi connectivity index (χ4n) is 7.93. The van der Waals surface area contributed by atoms with Crippen LogP contribution in [0.1, 0.15) is 103 Å². The van der Waals surface area contributed by atoms with Crippen molar-refractivity contribution in [3.63, 3.8) is 0 Å². The van der Waals surface area contributed by atoms with Gasteiger partial charge < -0.3 is 29.1 Å². The van der Waals surface area contributed by atoms with Crippen molar-refractivity contribution in [2.45, 2.75) is 103 Å². The number of amides is 2. The minimum absolute atomic E-state index is 0.0448. The van der Waals surface area contributed by atoms with Crippen molar-refractivity contribution in [2.24, 2.45) is 0 Å². The molecule has 0 aliphatic carbocycles. The molecule has 2 N–H and O–H groups in total. The fourth-order valence-corrected chi connectivity index (χ4v) is 7.93. The van der Waals surface area contributed by atoms with E-state index in [2.05, 4.69) is 57.3 Å². The number of hydrogen-bond acceptors (Lipinski definition) is 7. The number of aromatic amines is 2. The van der Waals surface area contributed by atoms with Crippen LogP contribution in [0.25, 0.3) is 22.5 Å². The number of hydrogen-bond donors (Lipinski definition) is 2. The highest BCUT2D eigenvalue weighted by Gasteiger charge is 2.37. The molecule has 6 heterocycles. The molecule has 2 aromatic heterocycles. The van der Waals surface area contributed by atoms with Crippen LogP contribution >= 0.6 is 0 Å². The topological polar surface area (TPSA) is 116 Å². The van der Waals surface area contributed by atoms with Gasteiger partial charge in [-0.15, -0.1) is 0 Å². The molecule has 2 amide bonds. The van der Waals surface area contributed by atoms with E-state index in [0.29, 0.717) is 13.1 Å². The van der Waals surface area contributed by atoms with E-state index in [0.717, 1.165) is 102 Å². The number of anilines is 2. The Morgan fingerprint density at radius 1 is 0.765 bits per heavy atom. The third kappa shape index (κ3) is 6.43. The van der Waals surface area contributed by atoms with Gasteiger partial charge in [-0.25, -0.2) is 14.6 Å². The number of likely N-dealkylation sites (tertiary alicyclic amines) is 2. The van der Waals surface area contributed by atoms with Crippen molar-refractivity contribution >= 4 is 23.6 Å². The number of aromatic nitrogens is 3. The van der Waals surface area contributed by atoms with Gasteiger partial charge in [-0.2, -0.15) is 0 Å². The first-order chi connectivity index (χ1) is 24.3. The van der Waals surface area contributed by atoms with Crippen LogP contribution in [0.5, 0.6) is 11.5 Å². The molecule has 8 rings (SSSR count). The van der Waals surface area contributed by atoms with E-state index in [-0.39, 0.29) is 24.3 Å². The molecule has 0 radical (unpaired) electrons. The highest BCUT2D eigenvalue weighted by molar-refractivity contribution is 5.85. The predicted octanol–water partition coefficient (Wildman–Crippen LogP) is 9.41. The number of carbonyl (C=O) groups excluding carboxylic acids is 2. The second-order valence-electron chi connectivity index (χ2n) is 16.2. The van der Waals surface area contributed by atoms with Crippen LogP contribution in [0.15, 0.2) is 48.7 Å². The van der Waals surface area contributed by atoms with Crippen molar-refractivity contribution in [2.75, 3.05) is 24.5 Å². The first kappa shape index (κ1) is 33.2. The first-order valence-corrected chi connectivity index (χ1v) is 18.3. The second-order valence-corrected chi connectivity index (χ2v) is 16.2. The monoisotopic (exact) mass is 692 g/mol. The highest BCUT2D eigenvalue weighted by Crippen LogP contribution is 2.52. The van der Waals surface area contributed by atoms with Crippen LogP contribution in [0.2, 0.25) is 0 Å². The molecule has 0 bridgehead atoms. The molecule has 2 atom stereocenters. The summed E-state index contributed by atoms with van der Waals surface area (Å²) in [5.41, 5.74) is 7.24. The van der Waals surface area contributed by atoms with Crippen molar-refractivity contribution in [1.82, 2.24) is 24.8 Å². The summed E-state index contributed by atoms with van der Waals surface area (Å²) in [6, 6.07) is 14.7. The second kappa shape index (κ2) is 12.4. The maximum atomic E-state index is 13.0. The lowest BCUT2D eigenvalue weighted by molar-refractivity contribution is 0.0209. The minimum Gasteiger partial charge on any atom is -0.453 e. The largest absolute Gasteiger partial charge is 0.453 e. The molecular weight excluding hydrogens is 644 g/mol. The lowest BCUT2D eigenvalue weighted by Crippen LogP contribution is -2.36. The number of H-pyrrole nitrogens is 2. The van der Waals surface area contributed by atoms with E-state index >= 15 is 0 Å². The van der Waals surface area contributed by atoms with E-state index in [1.807, 2.05) is 52.6 Å². The lowest BCUT2D eigenvalue weighted by atomic mass is 9.95. The Kier molecular flexibility index (Phi) is 8.07. The zero-order chi connectivity index (χ0) is 35.7. The van der Waals surface area contributed by atoms with Gasteiger partial charge in [0, 0.05) is 42.1 Å². The molecule has 0 spiro atoms. The molecular formula is C40H48N6O5. The van der Waals surface area contributed by atoms with Crippen molar-refractivity contribution in [3.8, 4) is 34.0 Å². The van der Waals surface area contributed by atoms with E-state index in [4.69, 9.17) is 19.2 Å². The summed E-state index contributed by atoms with van der Waals surface area (Å²) in [4.78, 5) is 43.9. The number of carbonyl (C=O) groups is 2. The van der Waals surface area contributed by atoms with Crippen LogP contribution in [0, 0.1) is 0 Å². The average molecular weight is 693 g/mol. The quantitative estimate of drug-likeness (QED) is 0.219. The van der Waals surface area contributed by atoms with Crippen molar-refractivity contribution in [3.05, 3.63) is 65.7 Å². The summed E-state index contributed by atoms with van der Waals surface area (Å²) in [6.07, 6.45) is 6.87. The highest BCUT2D eigenvalue weighted by atomic mass is 16.6. The normalized spacial score (nSPS) is 19.8. The summed E-state index contributed by atoms with van der Waals surface area (Å²) in [7, 11) is 0. The molecule has 11 nitrogen and oxygen atoms in total. The standard InChI is InChI=1S/C40H48N6O5/c1-39(2,3)50-37(47)45-18-8-11-30(45)28-15-14-27(42-28)24-13-16-31-33(21-24)49-34-22-26(20-25-10-7-17-44(31)35(25)34)29-23-41-36(43-29)32-12-9-19-46(32)38(48)51-40(4,5)6/h13-16,20-23,30,32,42H,7-12,17-19H2,1-6H3,(H,41,43)/t30-,32-/m0/s1. The number of nitrogens with one attached hydrogen (secondary N) is 2. The molecule has 2 aromatic carbocycles. The van der Waals surface area contributed by atoms with Crippen LogP contribution in [-0.4, -0.2) is 67.8 Å². The van der Waals surface area contributed by atoms with Gasteiger partial charge in [0.05, 0.1) is 35.3 Å². The summed E-state index contributed by atoms with van der Waals surface area (Å²) < 4.78 is 18.1. The van der Waals surface area contributed by atoms with Gasteiger partial charge in [-0.3, -0.25) is 9.80 Å². The van der Waals surface area contributed by atoms with Crippen molar-refractivity contribution < 1.29 is 23.8 Å².